The summed E-state index contributed by atoms with van der Waals surface area (Å²) < 4.78 is 26.0. The molecular formula is C23H41N3O5S. The molecule has 2 aliphatic heterocycles. The maximum atomic E-state index is 11.3. The maximum Gasteiger partial charge on any atom is 0.250 e. The molecule has 184 valence electrons. The number of hydrogen-bond acceptors (Lipinski definition) is 5. The highest BCUT2D eigenvalue weighted by Gasteiger charge is 2.36. The van der Waals surface area contributed by atoms with Crippen LogP contribution in [0.3, 0.4) is 0 Å². The van der Waals surface area contributed by atoms with Crippen molar-refractivity contribution in [2.45, 2.75) is 91.8 Å². The fourth-order valence-corrected chi connectivity index (χ4v) is 5.30. The molecule has 1 amide bonds. The third-order valence-electron chi connectivity index (χ3n) is 4.76. The Bertz CT molecular complexity index is 918. The topological polar surface area (TPSA) is 88.9 Å². The molecule has 0 radical (unpaired) electrons. The first-order chi connectivity index (χ1) is 14.4. The lowest BCUT2D eigenvalue weighted by Crippen LogP contribution is -2.42. The number of pyridine rings is 1. The minimum atomic E-state index is -2.91. The fourth-order valence-electron chi connectivity index (χ4n) is 3.34. The zero-order valence-electron chi connectivity index (χ0n) is 21.1. The van der Waals surface area contributed by atoms with Gasteiger partial charge in [-0.05, 0) is 74.8 Å². The molecule has 3 rings (SSSR count). The molecule has 1 aromatic rings. The van der Waals surface area contributed by atoms with E-state index < -0.39 is 10.0 Å². The van der Waals surface area contributed by atoms with Gasteiger partial charge in [0.05, 0.1) is 24.3 Å². The third-order valence-corrected chi connectivity index (χ3v) is 6.97. The van der Waals surface area contributed by atoms with E-state index >= 15 is 0 Å². The lowest BCUT2D eigenvalue weighted by atomic mass is 10.1. The monoisotopic (exact) mass is 471 g/mol. The Balaban J connectivity index is 0.000000240. The highest BCUT2D eigenvalue weighted by atomic mass is 32.2. The summed E-state index contributed by atoms with van der Waals surface area (Å²) in [6, 6.07) is 5.20. The molecule has 1 aromatic heterocycles. The molecule has 0 bridgehead atoms. The lowest BCUT2D eigenvalue weighted by molar-refractivity contribution is -0.186. The van der Waals surface area contributed by atoms with Crippen molar-refractivity contribution in [2.24, 2.45) is 0 Å². The Morgan fingerprint density at radius 3 is 1.72 bits per heavy atom. The molecular weight excluding hydrogens is 430 g/mol. The standard InChI is InChI=1S/C9H13NO.C7H15NO2S.C7H13NO2/c1-9(2,3)10-7-5-4-6-8(10)11;1-7(2,3)8-5-4-6-11(8,9)10;1-7(2,3)8-6(9)4-5-10-8/h4-7H,1-3H3;4-6H2,1-3H3;4-5H2,1-3H3. The quantitative estimate of drug-likeness (QED) is 0.579. The molecule has 0 atom stereocenters. The molecule has 0 aliphatic carbocycles. The van der Waals surface area contributed by atoms with Gasteiger partial charge in [-0.25, -0.2) is 13.5 Å². The van der Waals surface area contributed by atoms with E-state index in [0.717, 1.165) is 6.42 Å². The summed E-state index contributed by atoms with van der Waals surface area (Å²) >= 11 is 0. The first-order valence-corrected chi connectivity index (χ1v) is 12.6. The maximum absolute atomic E-state index is 11.3. The van der Waals surface area contributed by atoms with E-state index in [4.69, 9.17) is 4.84 Å². The number of amides is 1. The molecule has 0 aromatic carbocycles. The summed E-state index contributed by atoms with van der Waals surface area (Å²) in [6.07, 6.45) is 3.11. The van der Waals surface area contributed by atoms with Crippen LogP contribution in [0, 0.1) is 0 Å². The van der Waals surface area contributed by atoms with Crippen LogP contribution in [0.1, 0.15) is 75.2 Å². The average molecular weight is 472 g/mol. The van der Waals surface area contributed by atoms with Gasteiger partial charge in [0.1, 0.15) is 0 Å². The molecule has 2 fully saturated rings. The smallest absolute Gasteiger partial charge is 0.250 e. The van der Waals surface area contributed by atoms with Crippen molar-refractivity contribution in [2.75, 3.05) is 18.9 Å². The van der Waals surface area contributed by atoms with E-state index in [0.29, 0.717) is 25.3 Å². The minimum absolute atomic E-state index is 0.0556. The summed E-state index contributed by atoms with van der Waals surface area (Å²) in [5.74, 6) is 0.414. The molecule has 0 unspecified atom stereocenters. The van der Waals surface area contributed by atoms with E-state index in [1.807, 2.05) is 74.6 Å². The largest absolute Gasteiger partial charge is 0.310 e. The van der Waals surface area contributed by atoms with Crippen molar-refractivity contribution in [1.82, 2.24) is 13.9 Å². The highest BCUT2D eigenvalue weighted by Crippen LogP contribution is 2.24. The van der Waals surface area contributed by atoms with Crippen molar-refractivity contribution in [3.05, 3.63) is 34.7 Å². The second kappa shape index (κ2) is 10.5. The molecule has 0 N–H and O–H groups in total. The van der Waals surface area contributed by atoms with E-state index in [9.17, 15) is 18.0 Å². The predicted molar refractivity (Wildman–Crippen MR) is 128 cm³/mol. The van der Waals surface area contributed by atoms with Gasteiger partial charge in [-0.2, -0.15) is 4.31 Å². The van der Waals surface area contributed by atoms with Gasteiger partial charge in [0.15, 0.2) is 0 Å². The fraction of sp³-hybridized carbons (Fsp3) is 0.739. The number of sulfonamides is 1. The van der Waals surface area contributed by atoms with Crippen LogP contribution in [0.2, 0.25) is 0 Å². The van der Waals surface area contributed by atoms with Crippen LogP contribution in [0.4, 0.5) is 0 Å². The van der Waals surface area contributed by atoms with Gasteiger partial charge in [-0.3, -0.25) is 14.4 Å². The second-order valence-corrected chi connectivity index (χ2v) is 12.9. The number of rotatable bonds is 0. The van der Waals surface area contributed by atoms with E-state index in [1.54, 1.807) is 21.0 Å². The van der Waals surface area contributed by atoms with Crippen LogP contribution in [0.5, 0.6) is 0 Å². The minimum Gasteiger partial charge on any atom is -0.310 e. The van der Waals surface area contributed by atoms with Gasteiger partial charge in [-0.15, -0.1) is 0 Å². The molecule has 9 heteroatoms. The summed E-state index contributed by atoms with van der Waals surface area (Å²) in [5, 5.41) is 1.45. The first-order valence-electron chi connectivity index (χ1n) is 11.0. The molecule has 0 spiro atoms. The number of carbonyl (C=O) groups is 1. The molecule has 2 saturated heterocycles. The van der Waals surface area contributed by atoms with Crippen molar-refractivity contribution in [1.29, 1.82) is 0 Å². The van der Waals surface area contributed by atoms with E-state index in [-0.39, 0.29) is 28.1 Å². The van der Waals surface area contributed by atoms with Gasteiger partial charge in [-0.1, -0.05) is 6.07 Å². The average Bonchev–Trinajstić information content (AvgIpc) is 3.19. The van der Waals surface area contributed by atoms with Gasteiger partial charge in [0.25, 0.3) is 5.56 Å². The van der Waals surface area contributed by atoms with Crippen LogP contribution < -0.4 is 5.56 Å². The molecule has 2 aliphatic rings. The second-order valence-electron chi connectivity index (χ2n) is 10.9. The van der Waals surface area contributed by atoms with Crippen molar-refractivity contribution in [3.63, 3.8) is 0 Å². The third kappa shape index (κ3) is 8.33. The Hall–Kier alpha value is -1.71. The van der Waals surface area contributed by atoms with Gasteiger partial charge in [0, 0.05) is 29.9 Å². The molecule has 8 nitrogen and oxygen atoms in total. The molecule has 3 heterocycles. The first kappa shape index (κ1) is 28.3. The van der Waals surface area contributed by atoms with Crippen molar-refractivity contribution >= 4 is 15.9 Å². The number of aromatic nitrogens is 1. The number of hydroxylamine groups is 2. The van der Waals surface area contributed by atoms with Crippen LogP contribution in [0.15, 0.2) is 29.2 Å². The summed E-state index contributed by atoms with van der Waals surface area (Å²) in [6.45, 7) is 18.9. The molecule has 32 heavy (non-hydrogen) atoms. The Morgan fingerprint density at radius 1 is 0.875 bits per heavy atom. The van der Waals surface area contributed by atoms with Crippen LogP contribution in [-0.4, -0.2) is 58.2 Å². The Kier molecular flexibility index (Phi) is 9.28. The van der Waals surface area contributed by atoms with Gasteiger partial charge in [0.2, 0.25) is 15.9 Å². The SMILES string of the molecule is CC(C)(C)N1CCCS1(=O)=O.CC(C)(C)N1OCCC1=O.CC(C)(C)n1ccccc1=O. The van der Waals surface area contributed by atoms with E-state index in [1.165, 1.54) is 5.06 Å². The lowest BCUT2D eigenvalue weighted by Gasteiger charge is -2.29. The Labute approximate surface area is 193 Å². The van der Waals surface area contributed by atoms with Crippen LogP contribution >= 0.6 is 0 Å². The van der Waals surface area contributed by atoms with Crippen molar-refractivity contribution < 1.29 is 18.0 Å². The summed E-state index contributed by atoms with van der Waals surface area (Å²) in [7, 11) is -2.91. The van der Waals surface area contributed by atoms with Gasteiger partial charge < -0.3 is 4.57 Å². The number of carbonyl (C=O) groups excluding carboxylic acids is 1. The van der Waals surface area contributed by atoms with Crippen LogP contribution in [0.25, 0.3) is 0 Å². The summed E-state index contributed by atoms with van der Waals surface area (Å²) in [5.41, 5.74) is -0.485. The van der Waals surface area contributed by atoms with E-state index in [2.05, 4.69) is 0 Å². The van der Waals surface area contributed by atoms with Crippen molar-refractivity contribution in [3.8, 4) is 0 Å². The zero-order chi connectivity index (χ0) is 25.0. The number of hydrogen-bond donors (Lipinski definition) is 0. The highest BCUT2D eigenvalue weighted by molar-refractivity contribution is 7.89. The van der Waals surface area contributed by atoms with Gasteiger partial charge >= 0.3 is 0 Å². The molecule has 0 saturated carbocycles. The number of nitrogens with zero attached hydrogens (tertiary/aromatic N) is 3. The summed E-state index contributed by atoms with van der Waals surface area (Å²) in [4.78, 5) is 27.4. The Morgan fingerprint density at radius 2 is 1.47 bits per heavy atom. The normalized spacial score (nSPS) is 19.2. The zero-order valence-corrected chi connectivity index (χ0v) is 22.0. The predicted octanol–water partition coefficient (Wildman–Crippen LogP) is 3.37. The van der Waals surface area contributed by atoms with Crippen LogP contribution in [-0.2, 0) is 25.2 Å².